The van der Waals surface area contributed by atoms with Gasteiger partial charge in [-0.2, -0.15) is 4.98 Å². The Balaban J connectivity index is 1.68. The van der Waals surface area contributed by atoms with Gasteiger partial charge in [0.15, 0.2) is 0 Å². The van der Waals surface area contributed by atoms with E-state index in [0.29, 0.717) is 6.04 Å². The Morgan fingerprint density at radius 2 is 1.76 bits per heavy atom. The highest BCUT2D eigenvalue weighted by molar-refractivity contribution is 5.52. The van der Waals surface area contributed by atoms with Crippen molar-refractivity contribution < 1.29 is 0 Å². The second-order valence-corrected chi connectivity index (χ2v) is 6.96. The van der Waals surface area contributed by atoms with Gasteiger partial charge in [0.2, 0.25) is 5.95 Å². The third kappa shape index (κ3) is 4.41. The molecule has 1 unspecified atom stereocenters. The van der Waals surface area contributed by atoms with Crippen LogP contribution in [-0.4, -0.2) is 42.2 Å². The number of piperazine rings is 1. The number of hydrogen-bond acceptors (Lipinski definition) is 5. The maximum absolute atomic E-state index is 4.74. The van der Waals surface area contributed by atoms with E-state index in [1.807, 2.05) is 6.92 Å². The average molecular weight is 339 g/mol. The Hall–Kier alpha value is -2.30. The fourth-order valence-electron chi connectivity index (χ4n) is 3.12. The summed E-state index contributed by atoms with van der Waals surface area (Å²) in [5, 5.41) is 3.39. The molecule has 1 atom stereocenters. The first kappa shape index (κ1) is 17.5. The number of anilines is 3. The Labute approximate surface area is 151 Å². The van der Waals surface area contributed by atoms with Gasteiger partial charge in [-0.15, -0.1) is 0 Å². The molecule has 0 amide bonds. The monoisotopic (exact) mass is 339 g/mol. The van der Waals surface area contributed by atoms with E-state index < -0.39 is 0 Å². The van der Waals surface area contributed by atoms with Crippen LogP contribution in [0.15, 0.2) is 30.3 Å². The predicted octanol–water partition coefficient (Wildman–Crippen LogP) is 3.63. The lowest BCUT2D eigenvalue weighted by molar-refractivity contribution is 0.645. The van der Waals surface area contributed by atoms with Crippen LogP contribution in [-0.2, 0) is 0 Å². The molecule has 1 fully saturated rings. The van der Waals surface area contributed by atoms with Crippen molar-refractivity contribution >= 4 is 17.5 Å². The molecule has 1 aliphatic heterocycles. The van der Waals surface area contributed by atoms with Gasteiger partial charge < -0.3 is 15.1 Å². The van der Waals surface area contributed by atoms with Gasteiger partial charge in [-0.05, 0) is 44.9 Å². The molecular weight excluding hydrogens is 310 g/mol. The molecule has 5 heteroatoms. The summed E-state index contributed by atoms with van der Waals surface area (Å²) >= 11 is 0. The zero-order valence-corrected chi connectivity index (χ0v) is 15.8. The summed E-state index contributed by atoms with van der Waals surface area (Å²) in [7, 11) is 0. The highest BCUT2D eigenvalue weighted by Gasteiger charge is 2.19. The van der Waals surface area contributed by atoms with Crippen molar-refractivity contribution in [2.45, 2.75) is 40.2 Å². The molecule has 0 radical (unpaired) electrons. The van der Waals surface area contributed by atoms with Gasteiger partial charge >= 0.3 is 0 Å². The van der Waals surface area contributed by atoms with E-state index in [4.69, 9.17) is 4.98 Å². The second-order valence-electron chi connectivity index (χ2n) is 6.96. The summed E-state index contributed by atoms with van der Waals surface area (Å²) in [6.07, 6.45) is 1.06. The van der Waals surface area contributed by atoms with Crippen molar-refractivity contribution in [3.05, 3.63) is 41.6 Å². The summed E-state index contributed by atoms with van der Waals surface area (Å²) in [5.74, 6) is 1.77. The van der Waals surface area contributed by atoms with E-state index in [2.05, 4.69) is 71.2 Å². The molecular formula is C20H29N5. The minimum atomic E-state index is 0.382. The molecule has 0 bridgehead atoms. The van der Waals surface area contributed by atoms with Gasteiger partial charge in [-0.1, -0.05) is 19.1 Å². The zero-order valence-electron chi connectivity index (χ0n) is 15.8. The molecule has 0 aliphatic carbocycles. The summed E-state index contributed by atoms with van der Waals surface area (Å²) < 4.78 is 0. The smallest absolute Gasteiger partial charge is 0.225 e. The third-order valence-electron chi connectivity index (χ3n) is 4.80. The number of aryl methyl sites for hydroxylation is 2. The first-order valence-corrected chi connectivity index (χ1v) is 9.24. The molecule has 1 aromatic heterocycles. The second kappa shape index (κ2) is 7.72. The number of rotatable bonds is 5. The fourth-order valence-corrected chi connectivity index (χ4v) is 3.12. The van der Waals surface area contributed by atoms with Crippen LogP contribution in [0, 0.1) is 13.8 Å². The predicted molar refractivity (Wildman–Crippen MR) is 106 cm³/mol. The van der Waals surface area contributed by atoms with E-state index in [1.165, 1.54) is 11.3 Å². The maximum atomic E-state index is 4.74. The first-order valence-electron chi connectivity index (χ1n) is 9.24. The van der Waals surface area contributed by atoms with Crippen LogP contribution < -0.4 is 15.1 Å². The Kier molecular flexibility index (Phi) is 5.41. The number of hydrogen-bond donors (Lipinski definition) is 1. The number of nitrogens with zero attached hydrogens (tertiary/aromatic N) is 4. The molecule has 25 heavy (non-hydrogen) atoms. The van der Waals surface area contributed by atoms with Crippen molar-refractivity contribution in [3.8, 4) is 0 Å². The van der Waals surface area contributed by atoms with E-state index >= 15 is 0 Å². The number of nitrogens with one attached hydrogen (secondary N) is 1. The van der Waals surface area contributed by atoms with Gasteiger partial charge in [0.1, 0.15) is 5.82 Å². The average Bonchev–Trinajstić information content (AvgIpc) is 2.61. The largest absolute Gasteiger partial charge is 0.368 e. The molecule has 3 rings (SSSR count). The molecule has 1 N–H and O–H groups in total. The fraction of sp³-hybridized carbons (Fsp3) is 0.500. The van der Waals surface area contributed by atoms with Crippen LogP contribution in [0.3, 0.4) is 0 Å². The summed E-state index contributed by atoms with van der Waals surface area (Å²) in [4.78, 5) is 14.1. The lowest BCUT2D eigenvalue weighted by Gasteiger charge is -2.37. The summed E-state index contributed by atoms with van der Waals surface area (Å²) in [6.45, 7) is 12.5. The lowest BCUT2D eigenvalue weighted by atomic mass is 10.2. The minimum Gasteiger partial charge on any atom is -0.368 e. The van der Waals surface area contributed by atoms with Crippen LogP contribution in [0.25, 0.3) is 0 Å². The Morgan fingerprint density at radius 1 is 1.04 bits per heavy atom. The standard InChI is InChI=1S/C20H29N5/c1-5-16(3)21-20-22-17(4)14-19(23-20)25-11-9-24(10-12-25)18-8-6-7-15(2)13-18/h6-8,13-14,16H,5,9-12H2,1-4H3,(H,21,22,23). The normalized spacial score (nSPS) is 16.0. The summed E-state index contributed by atoms with van der Waals surface area (Å²) in [6, 6.07) is 11.2. The van der Waals surface area contributed by atoms with Crippen molar-refractivity contribution in [2.75, 3.05) is 41.3 Å². The lowest BCUT2D eigenvalue weighted by Crippen LogP contribution is -2.47. The molecule has 134 valence electrons. The van der Waals surface area contributed by atoms with E-state index in [9.17, 15) is 0 Å². The van der Waals surface area contributed by atoms with Crippen LogP contribution in [0.5, 0.6) is 0 Å². The first-order chi connectivity index (χ1) is 12.0. The van der Waals surface area contributed by atoms with Gasteiger partial charge in [-0.25, -0.2) is 4.98 Å². The molecule has 0 spiro atoms. The molecule has 1 saturated heterocycles. The van der Waals surface area contributed by atoms with Crippen molar-refractivity contribution in [1.29, 1.82) is 0 Å². The Morgan fingerprint density at radius 3 is 2.44 bits per heavy atom. The van der Waals surface area contributed by atoms with E-state index in [0.717, 1.165) is 50.1 Å². The van der Waals surface area contributed by atoms with Crippen molar-refractivity contribution in [1.82, 2.24) is 9.97 Å². The minimum absolute atomic E-state index is 0.382. The van der Waals surface area contributed by atoms with Gasteiger partial charge in [0.25, 0.3) is 0 Å². The molecule has 1 aliphatic rings. The van der Waals surface area contributed by atoms with Crippen LogP contribution >= 0.6 is 0 Å². The molecule has 5 nitrogen and oxygen atoms in total. The topological polar surface area (TPSA) is 44.3 Å². The van der Waals surface area contributed by atoms with Crippen LogP contribution in [0.4, 0.5) is 17.5 Å². The van der Waals surface area contributed by atoms with Crippen molar-refractivity contribution in [3.63, 3.8) is 0 Å². The number of aromatic nitrogens is 2. The van der Waals surface area contributed by atoms with Gasteiger partial charge in [0, 0.05) is 49.7 Å². The molecule has 2 aromatic rings. The number of benzene rings is 1. The molecule has 2 heterocycles. The molecule has 1 aromatic carbocycles. The highest BCUT2D eigenvalue weighted by Crippen LogP contribution is 2.21. The van der Waals surface area contributed by atoms with Gasteiger partial charge in [-0.3, -0.25) is 0 Å². The zero-order chi connectivity index (χ0) is 17.8. The van der Waals surface area contributed by atoms with Crippen molar-refractivity contribution in [2.24, 2.45) is 0 Å². The highest BCUT2D eigenvalue weighted by atomic mass is 15.3. The van der Waals surface area contributed by atoms with Crippen LogP contribution in [0.2, 0.25) is 0 Å². The SMILES string of the molecule is CCC(C)Nc1nc(C)cc(N2CCN(c3cccc(C)c3)CC2)n1. The van der Waals surface area contributed by atoms with Crippen LogP contribution in [0.1, 0.15) is 31.5 Å². The van der Waals surface area contributed by atoms with Gasteiger partial charge in [0.05, 0.1) is 0 Å². The maximum Gasteiger partial charge on any atom is 0.225 e. The van der Waals surface area contributed by atoms with E-state index in [1.54, 1.807) is 0 Å². The third-order valence-corrected chi connectivity index (χ3v) is 4.80. The summed E-state index contributed by atoms with van der Waals surface area (Å²) in [5.41, 5.74) is 3.64. The molecule has 0 saturated carbocycles. The quantitative estimate of drug-likeness (QED) is 0.901. The van der Waals surface area contributed by atoms with E-state index in [-0.39, 0.29) is 0 Å². The Bertz CT molecular complexity index is 707.